The van der Waals surface area contributed by atoms with Crippen molar-refractivity contribution in [1.29, 1.82) is 0 Å². The molecule has 1 amide bonds. The van der Waals surface area contributed by atoms with Gasteiger partial charge in [0.25, 0.3) is 5.91 Å². The molecule has 0 spiro atoms. The number of anilines is 1. The van der Waals surface area contributed by atoms with Gasteiger partial charge in [-0.05, 0) is 48.5 Å². The minimum atomic E-state index is -0.578. The van der Waals surface area contributed by atoms with E-state index in [1.807, 2.05) is 12.1 Å². The number of furan rings is 1. The van der Waals surface area contributed by atoms with Gasteiger partial charge in [0.15, 0.2) is 5.78 Å². The molecule has 3 aromatic rings. The summed E-state index contributed by atoms with van der Waals surface area (Å²) in [6.07, 6.45) is 1.60. The van der Waals surface area contributed by atoms with E-state index in [-0.39, 0.29) is 11.3 Å². The molecule has 0 fully saturated rings. The predicted octanol–water partition coefficient (Wildman–Crippen LogP) is 4.79. The van der Waals surface area contributed by atoms with E-state index >= 15 is 0 Å². The summed E-state index contributed by atoms with van der Waals surface area (Å²) in [4.78, 5) is 24.3. The first-order valence-electron chi connectivity index (χ1n) is 7.93. The molecule has 132 valence electrons. The number of rotatable bonds is 7. The molecule has 0 aliphatic rings. The first-order valence-corrected chi connectivity index (χ1v) is 9.08. The van der Waals surface area contributed by atoms with Gasteiger partial charge in [-0.15, -0.1) is 11.8 Å². The predicted molar refractivity (Wildman–Crippen MR) is 100.0 cm³/mol. The molecule has 1 heterocycles. The Bertz CT molecular complexity index is 892. The normalized spacial score (nSPS) is 10.5. The number of hydrogen-bond acceptors (Lipinski definition) is 4. The lowest BCUT2D eigenvalue weighted by Crippen LogP contribution is -2.13. The van der Waals surface area contributed by atoms with Crippen molar-refractivity contribution in [2.45, 2.75) is 5.75 Å². The van der Waals surface area contributed by atoms with E-state index in [1.165, 1.54) is 30.0 Å². The average molecular weight is 369 g/mol. The quantitative estimate of drug-likeness (QED) is 0.609. The molecule has 0 radical (unpaired) electrons. The first kappa shape index (κ1) is 17.9. The van der Waals surface area contributed by atoms with E-state index in [0.717, 1.165) is 5.76 Å². The Balaban J connectivity index is 1.55. The van der Waals surface area contributed by atoms with Crippen LogP contribution >= 0.6 is 11.8 Å². The molecule has 0 bridgehead atoms. The van der Waals surface area contributed by atoms with Crippen molar-refractivity contribution in [3.63, 3.8) is 0 Å². The van der Waals surface area contributed by atoms with Crippen LogP contribution in [0.2, 0.25) is 0 Å². The van der Waals surface area contributed by atoms with Crippen molar-refractivity contribution in [1.82, 2.24) is 0 Å². The number of benzene rings is 2. The second kappa shape index (κ2) is 8.49. The monoisotopic (exact) mass is 369 g/mol. The molecule has 4 nitrogen and oxygen atoms in total. The highest BCUT2D eigenvalue weighted by atomic mass is 32.2. The van der Waals surface area contributed by atoms with Gasteiger partial charge in [-0.2, -0.15) is 0 Å². The highest BCUT2D eigenvalue weighted by Gasteiger charge is 2.12. The first-order chi connectivity index (χ1) is 12.6. The largest absolute Gasteiger partial charge is 0.468 e. The number of hydrogen-bond donors (Lipinski definition) is 1. The average Bonchev–Trinajstić information content (AvgIpc) is 3.16. The number of halogens is 1. The van der Waals surface area contributed by atoms with E-state index in [2.05, 4.69) is 5.32 Å². The minimum Gasteiger partial charge on any atom is -0.468 e. The van der Waals surface area contributed by atoms with Gasteiger partial charge in [-0.25, -0.2) is 4.39 Å². The van der Waals surface area contributed by atoms with Crippen molar-refractivity contribution < 1.29 is 18.4 Å². The van der Waals surface area contributed by atoms with Gasteiger partial charge in [0.1, 0.15) is 11.6 Å². The maximum atomic E-state index is 13.6. The zero-order valence-electron chi connectivity index (χ0n) is 13.8. The SMILES string of the molecule is O=C(CSCc1ccco1)c1ccc(NC(=O)c2ccccc2F)cc1. The zero-order valence-corrected chi connectivity index (χ0v) is 14.6. The molecule has 0 saturated carbocycles. The summed E-state index contributed by atoms with van der Waals surface area (Å²) in [7, 11) is 0. The molecule has 3 rings (SSSR count). The summed E-state index contributed by atoms with van der Waals surface area (Å²) in [5, 5.41) is 2.62. The number of carbonyl (C=O) groups excluding carboxylic acids is 2. The fourth-order valence-corrected chi connectivity index (χ4v) is 3.13. The summed E-state index contributed by atoms with van der Waals surface area (Å²) in [6.45, 7) is 0. The van der Waals surface area contributed by atoms with E-state index in [0.29, 0.717) is 22.8 Å². The number of carbonyl (C=O) groups is 2. The van der Waals surface area contributed by atoms with Crippen LogP contribution in [-0.4, -0.2) is 17.4 Å². The zero-order chi connectivity index (χ0) is 18.4. The molecular formula is C20H16FNO3S. The number of Topliss-reactive ketones (excluding diaryl/α,β-unsaturated/α-hetero) is 1. The third-order valence-corrected chi connectivity index (χ3v) is 4.60. The molecular weight excluding hydrogens is 353 g/mol. The Morgan fingerprint density at radius 2 is 1.77 bits per heavy atom. The Hall–Kier alpha value is -2.86. The van der Waals surface area contributed by atoms with Crippen LogP contribution in [0, 0.1) is 5.82 Å². The molecule has 6 heteroatoms. The Morgan fingerprint density at radius 1 is 1.00 bits per heavy atom. The maximum absolute atomic E-state index is 13.6. The van der Waals surface area contributed by atoms with Gasteiger partial charge in [0.05, 0.1) is 23.3 Å². The minimum absolute atomic E-state index is 0.00598. The second-order valence-electron chi connectivity index (χ2n) is 5.51. The second-order valence-corrected chi connectivity index (χ2v) is 6.49. The van der Waals surface area contributed by atoms with Gasteiger partial charge in [-0.1, -0.05) is 12.1 Å². The van der Waals surface area contributed by atoms with E-state index in [9.17, 15) is 14.0 Å². The maximum Gasteiger partial charge on any atom is 0.258 e. The lowest BCUT2D eigenvalue weighted by Gasteiger charge is -2.07. The van der Waals surface area contributed by atoms with E-state index in [4.69, 9.17) is 4.42 Å². The van der Waals surface area contributed by atoms with E-state index < -0.39 is 11.7 Å². The topological polar surface area (TPSA) is 59.3 Å². The Labute approximate surface area is 154 Å². The van der Waals surface area contributed by atoms with Crippen LogP contribution in [0.15, 0.2) is 71.3 Å². The molecule has 0 aliphatic heterocycles. The van der Waals surface area contributed by atoms with Crippen LogP contribution in [0.5, 0.6) is 0 Å². The smallest absolute Gasteiger partial charge is 0.258 e. The summed E-state index contributed by atoms with van der Waals surface area (Å²) >= 11 is 1.47. The standard InChI is InChI=1S/C20H16FNO3S/c21-18-6-2-1-5-17(18)20(24)22-15-9-7-14(8-10-15)19(23)13-26-12-16-4-3-11-25-16/h1-11H,12-13H2,(H,22,24). The summed E-state index contributed by atoms with van der Waals surface area (Å²) in [5.41, 5.74) is 1.03. The van der Waals surface area contributed by atoms with Crippen molar-refractivity contribution >= 4 is 29.1 Å². The van der Waals surface area contributed by atoms with Crippen LogP contribution in [0.3, 0.4) is 0 Å². The van der Waals surface area contributed by atoms with Crippen molar-refractivity contribution in [2.75, 3.05) is 11.1 Å². The molecule has 0 unspecified atom stereocenters. The molecule has 1 N–H and O–H groups in total. The summed E-state index contributed by atoms with van der Waals surface area (Å²) in [5.74, 6) is 0.682. The molecule has 0 saturated heterocycles. The molecule has 2 aromatic carbocycles. The number of nitrogens with one attached hydrogen (secondary N) is 1. The molecule has 1 aromatic heterocycles. The van der Waals surface area contributed by atoms with Crippen molar-refractivity contribution in [3.8, 4) is 0 Å². The van der Waals surface area contributed by atoms with Crippen LogP contribution in [0.1, 0.15) is 26.5 Å². The third kappa shape index (κ3) is 4.61. The fraction of sp³-hybridized carbons (Fsp3) is 0.100. The van der Waals surface area contributed by atoms with Crippen molar-refractivity contribution in [2.24, 2.45) is 0 Å². The summed E-state index contributed by atoms with van der Waals surface area (Å²) in [6, 6.07) is 16.0. The van der Waals surface area contributed by atoms with Crippen molar-refractivity contribution in [3.05, 3.63) is 89.6 Å². The molecule has 0 atom stereocenters. The van der Waals surface area contributed by atoms with Gasteiger partial charge in [0, 0.05) is 11.3 Å². The lowest BCUT2D eigenvalue weighted by molar-refractivity contribution is 0.101. The molecule has 0 aliphatic carbocycles. The number of ketones is 1. The van der Waals surface area contributed by atoms with Crippen LogP contribution in [-0.2, 0) is 5.75 Å². The third-order valence-electron chi connectivity index (χ3n) is 3.64. The van der Waals surface area contributed by atoms with Gasteiger partial charge < -0.3 is 9.73 Å². The highest BCUT2D eigenvalue weighted by Crippen LogP contribution is 2.17. The Kier molecular flexibility index (Phi) is 5.86. The van der Waals surface area contributed by atoms with Gasteiger partial charge in [-0.3, -0.25) is 9.59 Å². The van der Waals surface area contributed by atoms with Crippen LogP contribution in [0.4, 0.5) is 10.1 Å². The van der Waals surface area contributed by atoms with Gasteiger partial charge in [0.2, 0.25) is 0 Å². The lowest BCUT2D eigenvalue weighted by atomic mass is 10.1. The fourth-order valence-electron chi connectivity index (χ4n) is 2.31. The van der Waals surface area contributed by atoms with Gasteiger partial charge >= 0.3 is 0 Å². The Morgan fingerprint density at radius 3 is 2.46 bits per heavy atom. The van der Waals surface area contributed by atoms with E-state index in [1.54, 1.807) is 36.6 Å². The van der Waals surface area contributed by atoms with Crippen LogP contribution in [0.25, 0.3) is 0 Å². The number of thioether (sulfide) groups is 1. The van der Waals surface area contributed by atoms with Crippen LogP contribution < -0.4 is 5.32 Å². The summed E-state index contributed by atoms with van der Waals surface area (Å²) < 4.78 is 18.8. The number of amides is 1. The highest BCUT2D eigenvalue weighted by molar-refractivity contribution is 7.99. The molecule has 26 heavy (non-hydrogen) atoms.